The number of carbonyl (C=O) groups excluding carboxylic acids is 2. The second-order valence-electron chi connectivity index (χ2n) is 6.57. The molecule has 0 aromatic carbocycles. The highest BCUT2D eigenvalue weighted by atomic mass is 16.2. The van der Waals surface area contributed by atoms with Crippen LogP contribution >= 0.6 is 0 Å². The maximum Gasteiger partial charge on any atom is 0.248 e. The van der Waals surface area contributed by atoms with Gasteiger partial charge in [-0.1, -0.05) is 13.8 Å². The van der Waals surface area contributed by atoms with Gasteiger partial charge in [-0.05, 0) is 44.9 Å². The fourth-order valence-corrected chi connectivity index (χ4v) is 3.41. The number of rotatable bonds is 1. The van der Waals surface area contributed by atoms with Crippen LogP contribution in [0.3, 0.4) is 0 Å². The Balaban J connectivity index is 2.16. The van der Waals surface area contributed by atoms with E-state index in [0.29, 0.717) is 5.92 Å². The standard InChI is InChI=1S/C14H24N2O2/c1-9-5-6-11(10(2)7-9)16-8-12(17)15-14(3,4)13(16)18/h9-11H,5-8H2,1-4H3,(H,15,17). The first-order valence-electron chi connectivity index (χ1n) is 6.93. The Morgan fingerprint density at radius 1 is 1.22 bits per heavy atom. The topological polar surface area (TPSA) is 49.4 Å². The monoisotopic (exact) mass is 252 g/mol. The summed E-state index contributed by atoms with van der Waals surface area (Å²) in [5.74, 6) is 1.25. The summed E-state index contributed by atoms with van der Waals surface area (Å²) in [5, 5.41) is 2.77. The van der Waals surface area contributed by atoms with Gasteiger partial charge >= 0.3 is 0 Å². The fraction of sp³-hybridized carbons (Fsp3) is 0.857. The molecule has 0 radical (unpaired) electrons. The fourth-order valence-electron chi connectivity index (χ4n) is 3.41. The first-order chi connectivity index (χ1) is 8.31. The maximum atomic E-state index is 12.4. The van der Waals surface area contributed by atoms with Gasteiger partial charge in [0.1, 0.15) is 5.54 Å². The van der Waals surface area contributed by atoms with Gasteiger partial charge in [0.25, 0.3) is 0 Å². The molecule has 18 heavy (non-hydrogen) atoms. The summed E-state index contributed by atoms with van der Waals surface area (Å²) < 4.78 is 0. The average Bonchev–Trinajstić information content (AvgIpc) is 2.23. The summed E-state index contributed by atoms with van der Waals surface area (Å²) in [4.78, 5) is 26.0. The van der Waals surface area contributed by atoms with Gasteiger partial charge in [-0.3, -0.25) is 9.59 Å². The summed E-state index contributed by atoms with van der Waals surface area (Å²) in [6.45, 7) is 8.27. The third kappa shape index (κ3) is 2.38. The van der Waals surface area contributed by atoms with Crippen LogP contribution < -0.4 is 5.32 Å². The van der Waals surface area contributed by atoms with Crippen molar-refractivity contribution in [2.75, 3.05) is 6.54 Å². The van der Waals surface area contributed by atoms with Crippen molar-refractivity contribution in [2.24, 2.45) is 11.8 Å². The molecular weight excluding hydrogens is 228 g/mol. The van der Waals surface area contributed by atoms with E-state index < -0.39 is 5.54 Å². The lowest BCUT2D eigenvalue weighted by atomic mass is 9.78. The van der Waals surface area contributed by atoms with Crippen LogP contribution in [-0.2, 0) is 9.59 Å². The van der Waals surface area contributed by atoms with Crippen LogP contribution in [0, 0.1) is 11.8 Å². The zero-order valence-corrected chi connectivity index (χ0v) is 11.8. The number of nitrogens with zero attached hydrogens (tertiary/aromatic N) is 1. The molecular formula is C14H24N2O2. The number of nitrogens with one attached hydrogen (secondary N) is 1. The Morgan fingerprint density at radius 2 is 1.89 bits per heavy atom. The minimum Gasteiger partial charge on any atom is -0.341 e. The lowest BCUT2D eigenvalue weighted by Crippen LogP contribution is -2.66. The van der Waals surface area contributed by atoms with E-state index in [9.17, 15) is 9.59 Å². The number of carbonyl (C=O) groups is 2. The summed E-state index contributed by atoms with van der Waals surface area (Å²) in [6.07, 6.45) is 3.33. The van der Waals surface area contributed by atoms with Gasteiger partial charge < -0.3 is 10.2 Å². The molecule has 1 heterocycles. The van der Waals surface area contributed by atoms with Crippen LogP contribution in [0.15, 0.2) is 0 Å². The number of amides is 2. The minimum absolute atomic E-state index is 0.0366. The van der Waals surface area contributed by atoms with Crippen LogP contribution in [0.5, 0.6) is 0 Å². The van der Waals surface area contributed by atoms with E-state index in [2.05, 4.69) is 19.2 Å². The first-order valence-corrected chi connectivity index (χ1v) is 6.93. The molecule has 2 amide bonds. The highest BCUT2D eigenvalue weighted by Crippen LogP contribution is 2.33. The molecule has 1 saturated carbocycles. The van der Waals surface area contributed by atoms with Crippen LogP contribution in [0.25, 0.3) is 0 Å². The molecule has 0 aromatic heterocycles. The lowest BCUT2D eigenvalue weighted by molar-refractivity contribution is -0.152. The van der Waals surface area contributed by atoms with Crippen LogP contribution in [0.2, 0.25) is 0 Å². The van der Waals surface area contributed by atoms with Gasteiger partial charge in [0.05, 0.1) is 6.54 Å². The predicted molar refractivity (Wildman–Crippen MR) is 69.9 cm³/mol. The van der Waals surface area contributed by atoms with Gasteiger partial charge in [0.2, 0.25) is 11.8 Å². The molecule has 1 aliphatic heterocycles. The lowest BCUT2D eigenvalue weighted by Gasteiger charge is -2.46. The van der Waals surface area contributed by atoms with Gasteiger partial charge in [-0.2, -0.15) is 0 Å². The molecule has 0 spiro atoms. The Bertz CT molecular complexity index is 365. The highest BCUT2D eigenvalue weighted by molar-refractivity contribution is 5.97. The zero-order valence-electron chi connectivity index (χ0n) is 11.8. The van der Waals surface area contributed by atoms with Crippen molar-refractivity contribution in [3.63, 3.8) is 0 Å². The molecule has 1 saturated heterocycles. The zero-order chi connectivity index (χ0) is 13.5. The number of piperazine rings is 1. The van der Waals surface area contributed by atoms with Crippen LogP contribution in [-0.4, -0.2) is 34.8 Å². The first kappa shape index (κ1) is 13.4. The van der Waals surface area contributed by atoms with E-state index in [0.717, 1.165) is 25.2 Å². The molecule has 1 aliphatic carbocycles. The molecule has 2 rings (SSSR count). The molecule has 3 atom stereocenters. The van der Waals surface area contributed by atoms with Gasteiger partial charge in [-0.15, -0.1) is 0 Å². The molecule has 3 unspecified atom stereocenters. The largest absolute Gasteiger partial charge is 0.341 e. The van der Waals surface area contributed by atoms with Crippen molar-refractivity contribution in [3.8, 4) is 0 Å². The van der Waals surface area contributed by atoms with Crippen molar-refractivity contribution >= 4 is 11.8 Å². The summed E-state index contributed by atoms with van der Waals surface area (Å²) in [6, 6.07) is 0.235. The van der Waals surface area contributed by atoms with E-state index in [4.69, 9.17) is 0 Å². The van der Waals surface area contributed by atoms with Crippen LogP contribution in [0.4, 0.5) is 0 Å². The van der Waals surface area contributed by atoms with Crippen molar-refractivity contribution in [3.05, 3.63) is 0 Å². The molecule has 0 aromatic rings. The second-order valence-corrected chi connectivity index (χ2v) is 6.57. The van der Waals surface area contributed by atoms with Crippen LogP contribution in [0.1, 0.15) is 47.0 Å². The summed E-state index contributed by atoms with van der Waals surface area (Å²) >= 11 is 0. The van der Waals surface area contributed by atoms with Gasteiger partial charge in [0, 0.05) is 6.04 Å². The SMILES string of the molecule is CC1CCC(N2CC(=O)NC(C)(C)C2=O)C(C)C1. The Hall–Kier alpha value is -1.06. The Kier molecular flexibility index (Phi) is 3.39. The third-order valence-corrected chi connectivity index (χ3v) is 4.35. The Labute approximate surface area is 109 Å². The van der Waals surface area contributed by atoms with E-state index in [1.807, 2.05) is 4.90 Å². The molecule has 2 aliphatic rings. The van der Waals surface area contributed by atoms with E-state index >= 15 is 0 Å². The summed E-state index contributed by atoms with van der Waals surface area (Å²) in [5.41, 5.74) is -0.752. The van der Waals surface area contributed by atoms with Gasteiger partial charge in [-0.25, -0.2) is 0 Å². The summed E-state index contributed by atoms with van der Waals surface area (Å²) in [7, 11) is 0. The molecule has 4 nitrogen and oxygen atoms in total. The molecule has 2 fully saturated rings. The second kappa shape index (κ2) is 4.56. The van der Waals surface area contributed by atoms with Crippen molar-refractivity contribution in [1.82, 2.24) is 10.2 Å². The highest BCUT2D eigenvalue weighted by Gasteiger charge is 2.43. The Morgan fingerprint density at radius 3 is 2.50 bits per heavy atom. The minimum atomic E-state index is -0.752. The van der Waals surface area contributed by atoms with Gasteiger partial charge in [0.15, 0.2) is 0 Å². The smallest absolute Gasteiger partial charge is 0.248 e. The average molecular weight is 252 g/mol. The van der Waals surface area contributed by atoms with E-state index in [1.165, 1.54) is 0 Å². The van der Waals surface area contributed by atoms with E-state index in [-0.39, 0.29) is 24.4 Å². The number of hydrogen-bond acceptors (Lipinski definition) is 2. The van der Waals surface area contributed by atoms with Crippen molar-refractivity contribution < 1.29 is 9.59 Å². The third-order valence-electron chi connectivity index (χ3n) is 4.35. The quantitative estimate of drug-likeness (QED) is 0.769. The van der Waals surface area contributed by atoms with Crippen molar-refractivity contribution in [1.29, 1.82) is 0 Å². The maximum absolute atomic E-state index is 12.4. The van der Waals surface area contributed by atoms with Crippen molar-refractivity contribution in [2.45, 2.75) is 58.5 Å². The van der Waals surface area contributed by atoms with E-state index in [1.54, 1.807) is 13.8 Å². The molecule has 1 N–H and O–H groups in total. The molecule has 102 valence electrons. The normalized spacial score (nSPS) is 36.4. The predicted octanol–water partition coefficient (Wildman–Crippen LogP) is 1.55. The number of hydrogen-bond donors (Lipinski definition) is 1. The molecule has 0 bridgehead atoms. The molecule has 4 heteroatoms.